The van der Waals surface area contributed by atoms with Gasteiger partial charge in [0.05, 0.1) is 0 Å². The summed E-state index contributed by atoms with van der Waals surface area (Å²) < 4.78 is 1.48. The minimum atomic E-state index is -1.31. The van der Waals surface area contributed by atoms with Crippen LogP contribution in [0.25, 0.3) is 0 Å². The zero-order chi connectivity index (χ0) is 14.8. The molecule has 1 unspecified atom stereocenters. The second-order valence-electron chi connectivity index (χ2n) is 5.58. The van der Waals surface area contributed by atoms with Crippen LogP contribution < -0.4 is 0 Å². The molecule has 18 heavy (non-hydrogen) atoms. The van der Waals surface area contributed by atoms with Crippen molar-refractivity contribution in [3.05, 3.63) is 0 Å². The molecule has 0 saturated heterocycles. The molecule has 4 nitrogen and oxygen atoms in total. The summed E-state index contributed by atoms with van der Waals surface area (Å²) in [7, 11) is 0. The maximum absolute atomic E-state index is 9.43. The maximum Gasteiger partial charge on any atom is 0.314 e. The first kappa shape index (κ1) is 20.3. The van der Waals surface area contributed by atoms with Gasteiger partial charge in [-0.05, 0) is 0 Å². The number of unbranched alkanes of at least 4 members (excludes halogenated alkanes) is 1. The Balaban J connectivity index is 0. The quantitative estimate of drug-likeness (QED) is 0.573. The molecule has 0 rings (SSSR count). The van der Waals surface area contributed by atoms with Crippen molar-refractivity contribution in [1.82, 2.24) is 0 Å². The fourth-order valence-electron chi connectivity index (χ4n) is 1.83. The molecule has 0 aromatic carbocycles. The summed E-state index contributed by atoms with van der Waals surface area (Å²) in [5.74, 6) is -1.64. The van der Waals surface area contributed by atoms with E-state index in [1.165, 1.54) is 50.9 Å². The number of hydrogen-bond acceptors (Lipinski definition) is 2. The smallest absolute Gasteiger partial charge is 0.314 e. The van der Waals surface area contributed by atoms with Gasteiger partial charge in [0.25, 0.3) is 0 Å². The van der Waals surface area contributed by atoms with Gasteiger partial charge in [0.15, 0.2) is 0 Å². The van der Waals surface area contributed by atoms with E-state index in [4.69, 9.17) is 10.2 Å². The Morgan fingerprint density at radius 2 is 1.61 bits per heavy atom. The van der Waals surface area contributed by atoms with E-state index in [1.54, 1.807) is 0 Å². The van der Waals surface area contributed by atoms with E-state index < -0.39 is 18.4 Å². The van der Waals surface area contributed by atoms with Crippen LogP contribution in [0.3, 0.4) is 0 Å². The second-order valence-corrected chi connectivity index (χ2v) is 6.39. The predicted octanol–water partition coefficient (Wildman–Crippen LogP) is 2.97. The van der Waals surface area contributed by atoms with Gasteiger partial charge < -0.3 is 10.2 Å². The molecule has 0 radical (unpaired) electrons. The number of aliphatic carboxylic acids is 2. The number of rotatable bonds is 6. The fraction of sp³-hybridized carbons (Fsp3) is 0.846. The van der Waals surface area contributed by atoms with Crippen molar-refractivity contribution >= 4 is 39.9 Å². The summed E-state index contributed by atoms with van der Waals surface area (Å²) in [6.45, 7) is 9.43. The Morgan fingerprint density at radius 1 is 1.17 bits per heavy atom. The number of carboxylic acid groups (broad SMARTS) is 2. The zero-order valence-corrected chi connectivity index (χ0v) is 14.3. The summed E-state index contributed by atoms with van der Waals surface area (Å²) in [5.41, 5.74) is 0.552. The molecule has 0 amide bonds. The second kappa shape index (κ2) is 10.8. The standard InChI is InChI=1S/C10H21.C3H4O4.Na/c1-6-7-8-9(2)10(3,4)5;4-2(5)1-3(6)7;/h9H,2,6-8H2,1,3-5H3;1H2,(H,4,5)(H,6,7);. The Hall–Kier alpha value is -0.0600. The van der Waals surface area contributed by atoms with Crippen LogP contribution >= 0.6 is 0 Å². The van der Waals surface area contributed by atoms with E-state index in [0.29, 0.717) is 5.41 Å². The van der Waals surface area contributed by atoms with Gasteiger partial charge in [-0.2, -0.15) is 0 Å². The molecular weight excluding hydrogens is 243 g/mol. The molecule has 2 N–H and O–H groups in total. The van der Waals surface area contributed by atoms with E-state index in [0.717, 1.165) is 5.92 Å². The predicted molar refractivity (Wildman–Crippen MR) is 72.9 cm³/mol. The van der Waals surface area contributed by atoms with Crippen LogP contribution in [0.1, 0.15) is 53.4 Å². The number of hydrogen-bond donors (Lipinski definition) is 2. The fourth-order valence-corrected chi connectivity index (χ4v) is 3.46. The third kappa shape index (κ3) is 14.0. The average molecular weight is 268 g/mol. The van der Waals surface area contributed by atoms with Gasteiger partial charge in [0, 0.05) is 0 Å². The van der Waals surface area contributed by atoms with Crippen LogP contribution in [0.2, 0.25) is 3.67 Å². The third-order valence-electron chi connectivity index (χ3n) is 2.93. The Kier molecular flexibility index (Phi) is 12.2. The first-order chi connectivity index (χ1) is 8.15. The molecule has 5 heteroatoms. The van der Waals surface area contributed by atoms with Crippen LogP contribution in [0.4, 0.5) is 0 Å². The van der Waals surface area contributed by atoms with E-state index in [2.05, 4.69) is 27.7 Å². The summed E-state index contributed by atoms with van der Waals surface area (Å²) in [6.07, 6.45) is 3.42. The molecule has 0 spiro atoms. The number of carboxylic acids is 2. The van der Waals surface area contributed by atoms with Crippen molar-refractivity contribution in [3.8, 4) is 0 Å². The Morgan fingerprint density at radius 3 is 1.78 bits per heavy atom. The minimum absolute atomic E-state index is 0.552. The van der Waals surface area contributed by atoms with Crippen LogP contribution in [0, 0.1) is 11.3 Å². The molecule has 0 aliphatic carbocycles. The molecule has 0 heterocycles. The van der Waals surface area contributed by atoms with Crippen LogP contribution in [0.15, 0.2) is 0 Å². The van der Waals surface area contributed by atoms with E-state index in [1.807, 2.05) is 0 Å². The van der Waals surface area contributed by atoms with Crippen molar-refractivity contribution in [2.45, 2.75) is 57.0 Å². The molecule has 0 fully saturated rings. The SMILES string of the molecule is CCCCC([CH2][Na])C(C)(C)C.O=C(O)CC(=O)O. The van der Waals surface area contributed by atoms with Gasteiger partial charge in [0.1, 0.15) is 6.42 Å². The minimum Gasteiger partial charge on any atom is -0.481 e. The maximum atomic E-state index is 9.43. The Bertz CT molecular complexity index is 234. The van der Waals surface area contributed by atoms with Gasteiger partial charge >= 0.3 is 102 Å². The first-order valence-electron chi connectivity index (χ1n) is 6.58. The van der Waals surface area contributed by atoms with E-state index in [9.17, 15) is 9.59 Å². The monoisotopic (exact) mass is 268 g/mol. The molecule has 102 valence electrons. The van der Waals surface area contributed by atoms with Gasteiger partial charge in [-0.3, -0.25) is 9.59 Å². The largest absolute Gasteiger partial charge is 0.481 e. The molecule has 0 aromatic heterocycles. The number of carbonyl (C=O) groups is 2. The van der Waals surface area contributed by atoms with Gasteiger partial charge in [-0.1, -0.05) is 0 Å². The summed E-state index contributed by atoms with van der Waals surface area (Å²) >= 11 is 1.37. The van der Waals surface area contributed by atoms with Gasteiger partial charge in [-0.25, -0.2) is 0 Å². The van der Waals surface area contributed by atoms with Crippen LogP contribution in [-0.2, 0) is 9.59 Å². The van der Waals surface area contributed by atoms with Crippen LogP contribution in [0.5, 0.6) is 0 Å². The van der Waals surface area contributed by atoms with E-state index >= 15 is 0 Å². The van der Waals surface area contributed by atoms with Crippen molar-refractivity contribution in [2.75, 3.05) is 0 Å². The third-order valence-corrected chi connectivity index (χ3v) is 3.91. The average Bonchev–Trinajstić information content (AvgIpc) is 2.15. The summed E-state index contributed by atoms with van der Waals surface area (Å²) in [6, 6.07) is 0. The Labute approximate surface area is 128 Å². The molecular formula is C13H25NaO4. The van der Waals surface area contributed by atoms with Crippen molar-refractivity contribution in [2.24, 2.45) is 11.3 Å². The zero-order valence-electron chi connectivity index (χ0n) is 12.3. The molecule has 0 bridgehead atoms. The summed E-state index contributed by atoms with van der Waals surface area (Å²) in [4.78, 5) is 18.9. The summed E-state index contributed by atoms with van der Waals surface area (Å²) in [5, 5.41) is 15.4. The molecule has 1 atom stereocenters. The van der Waals surface area contributed by atoms with Crippen molar-refractivity contribution in [3.63, 3.8) is 0 Å². The topological polar surface area (TPSA) is 74.6 Å². The van der Waals surface area contributed by atoms with Crippen molar-refractivity contribution < 1.29 is 19.8 Å². The molecule has 0 saturated carbocycles. The van der Waals surface area contributed by atoms with Gasteiger partial charge in [0.2, 0.25) is 0 Å². The molecule has 0 aliphatic rings. The molecule has 0 aromatic rings. The normalized spacial score (nSPS) is 12.3. The van der Waals surface area contributed by atoms with Gasteiger partial charge in [-0.15, -0.1) is 0 Å². The van der Waals surface area contributed by atoms with E-state index in [-0.39, 0.29) is 0 Å². The molecule has 0 aliphatic heterocycles. The first-order valence-corrected chi connectivity index (χ1v) is 8.00. The van der Waals surface area contributed by atoms with Crippen LogP contribution in [-0.4, -0.2) is 50.1 Å². The van der Waals surface area contributed by atoms with Crippen molar-refractivity contribution in [1.29, 1.82) is 0 Å².